The minimum absolute atomic E-state index is 0.0194. The monoisotopic (exact) mass is 382 g/mol. The van der Waals surface area contributed by atoms with Crippen LogP contribution >= 0.6 is 0 Å². The third-order valence-electron chi connectivity index (χ3n) is 4.87. The van der Waals surface area contributed by atoms with E-state index >= 15 is 0 Å². The van der Waals surface area contributed by atoms with Crippen LogP contribution in [0.3, 0.4) is 0 Å². The fourth-order valence-corrected chi connectivity index (χ4v) is 3.26. The molecule has 2 aromatic rings. The lowest BCUT2D eigenvalue weighted by atomic mass is 10.1. The molecule has 0 radical (unpaired) electrons. The van der Waals surface area contributed by atoms with Gasteiger partial charge in [-0.1, -0.05) is 30.3 Å². The minimum Gasteiger partial charge on any atom is -0.481 e. The van der Waals surface area contributed by atoms with Crippen molar-refractivity contribution < 1.29 is 19.1 Å². The van der Waals surface area contributed by atoms with Crippen LogP contribution in [-0.4, -0.2) is 61.1 Å². The molecule has 0 aliphatic carbocycles. The Labute approximate surface area is 165 Å². The second kappa shape index (κ2) is 9.37. The number of hydrogen-bond donors (Lipinski definition) is 0. The molecule has 1 amide bonds. The molecule has 1 aliphatic heterocycles. The smallest absolute Gasteiger partial charge is 0.337 e. The normalized spacial score (nSPS) is 15.7. The van der Waals surface area contributed by atoms with Gasteiger partial charge in [0.05, 0.1) is 12.7 Å². The largest absolute Gasteiger partial charge is 0.481 e. The summed E-state index contributed by atoms with van der Waals surface area (Å²) >= 11 is 0. The van der Waals surface area contributed by atoms with Crippen molar-refractivity contribution in [2.45, 2.75) is 19.6 Å². The molecule has 0 spiro atoms. The van der Waals surface area contributed by atoms with Crippen molar-refractivity contribution in [3.05, 3.63) is 65.7 Å². The predicted molar refractivity (Wildman–Crippen MR) is 106 cm³/mol. The molecule has 0 bridgehead atoms. The number of para-hydroxylation sites is 1. The number of benzene rings is 2. The van der Waals surface area contributed by atoms with Crippen LogP contribution in [-0.2, 0) is 16.1 Å². The SMILES string of the molecule is COC(=O)c1ccc(CN2CCN(C(=O)C(C)Oc3ccccc3)CC2)cc1. The lowest BCUT2D eigenvalue weighted by Crippen LogP contribution is -2.51. The maximum Gasteiger partial charge on any atom is 0.337 e. The number of amides is 1. The van der Waals surface area contributed by atoms with Gasteiger partial charge in [-0.2, -0.15) is 0 Å². The number of hydrogen-bond acceptors (Lipinski definition) is 5. The summed E-state index contributed by atoms with van der Waals surface area (Å²) in [7, 11) is 1.38. The molecule has 28 heavy (non-hydrogen) atoms. The van der Waals surface area contributed by atoms with Gasteiger partial charge in [0, 0.05) is 32.7 Å². The zero-order valence-corrected chi connectivity index (χ0v) is 16.3. The van der Waals surface area contributed by atoms with E-state index in [0.29, 0.717) is 24.4 Å². The molecule has 2 aromatic carbocycles. The number of ether oxygens (including phenoxy) is 2. The number of piperazine rings is 1. The summed E-state index contributed by atoms with van der Waals surface area (Å²) in [6.45, 7) is 5.57. The predicted octanol–water partition coefficient (Wildman–Crippen LogP) is 2.58. The van der Waals surface area contributed by atoms with E-state index in [4.69, 9.17) is 9.47 Å². The summed E-state index contributed by atoms with van der Waals surface area (Å²) in [5.74, 6) is 0.397. The number of carbonyl (C=O) groups excluding carboxylic acids is 2. The van der Waals surface area contributed by atoms with E-state index in [9.17, 15) is 9.59 Å². The summed E-state index contributed by atoms with van der Waals surface area (Å²) in [5.41, 5.74) is 1.68. The van der Waals surface area contributed by atoms with Crippen molar-refractivity contribution in [3.8, 4) is 5.75 Å². The summed E-state index contributed by atoms with van der Waals surface area (Å²) in [5, 5.41) is 0. The van der Waals surface area contributed by atoms with Gasteiger partial charge >= 0.3 is 5.97 Å². The van der Waals surface area contributed by atoms with Crippen molar-refractivity contribution in [3.63, 3.8) is 0 Å². The first kappa shape index (κ1) is 19.9. The Bertz CT molecular complexity index is 784. The number of methoxy groups -OCH3 is 1. The molecule has 6 nitrogen and oxygen atoms in total. The Balaban J connectivity index is 1.47. The highest BCUT2D eigenvalue weighted by atomic mass is 16.5. The fraction of sp³-hybridized carbons (Fsp3) is 0.364. The molecule has 1 atom stereocenters. The Hall–Kier alpha value is -2.86. The summed E-state index contributed by atoms with van der Waals surface area (Å²) < 4.78 is 10.5. The molecule has 1 saturated heterocycles. The van der Waals surface area contributed by atoms with Crippen LogP contribution in [0.5, 0.6) is 5.75 Å². The van der Waals surface area contributed by atoms with E-state index < -0.39 is 6.10 Å². The van der Waals surface area contributed by atoms with Gasteiger partial charge in [-0.05, 0) is 36.8 Å². The minimum atomic E-state index is -0.500. The van der Waals surface area contributed by atoms with Crippen LogP contribution in [0.1, 0.15) is 22.8 Å². The highest BCUT2D eigenvalue weighted by Crippen LogP contribution is 2.14. The Morgan fingerprint density at radius 1 is 0.964 bits per heavy atom. The number of esters is 1. The second-order valence-electron chi connectivity index (χ2n) is 6.86. The van der Waals surface area contributed by atoms with Crippen molar-refractivity contribution >= 4 is 11.9 Å². The average Bonchev–Trinajstić information content (AvgIpc) is 2.74. The molecule has 1 heterocycles. The molecule has 148 valence electrons. The molecule has 0 saturated carbocycles. The topological polar surface area (TPSA) is 59.1 Å². The third-order valence-corrected chi connectivity index (χ3v) is 4.87. The zero-order chi connectivity index (χ0) is 19.9. The third kappa shape index (κ3) is 5.10. The van der Waals surface area contributed by atoms with Crippen LogP contribution in [0.2, 0.25) is 0 Å². The van der Waals surface area contributed by atoms with Crippen molar-refractivity contribution in [1.82, 2.24) is 9.80 Å². The molecular formula is C22H26N2O4. The fourth-order valence-electron chi connectivity index (χ4n) is 3.26. The van der Waals surface area contributed by atoms with Gasteiger partial charge in [-0.15, -0.1) is 0 Å². The van der Waals surface area contributed by atoms with Crippen LogP contribution in [0, 0.1) is 0 Å². The molecule has 3 rings (SSSR count). The highest BCUT2D eigenvalue weighted by molar-refractivity contribution is 5.89. The molecule has 0 aromatic heterocycles. The quantitative estimate of drug-likeness (QED) is 0.719. The van der Waals surface area contributed by atoms with Crippen LogP contribution in [0.4, 0.5) is 0 Å². The highest BCUT2D eigenvalue weighted by Gasteiger charge is 2.26. The van der Waals surface area contributed by atoms with Gasteiger partial charge in [-0.3, -0.25) is 9.69 Å². The maximum atomic E-state index is 12.6. The van der Waals surface area contributed by atoms with Crippen LogP contribution in [0.25, 0.3) is 0 Å². The first-order valence-corrected chi connectivity index (χ1v) is 9.47. The van der Waals surface area contributed by atoms with E-state index in [1.54, 1.807) is 19.1 Å². The van der Waals surface area contributed by atoms with E-state index in [1.807, 2.05) is 47.4 Å². The zero-order valence-electron chi connectivity index (χ0n) is 16.3. The lowest BCUT2D eigenvalue weighted by Gasteiger charge is -2.35. The van der Waals surface area contributed by atoms with Gasteiger partial charge in [-0.25, -0.2) is 4.79 Å². The standard InChI is InChI=1S/C22H26N2O4/c1-17(28-20-6-4-3-5-7-20)21(25)24-14-12-23(13-15-24)16-18-8-10-19(11-9-18)22(26)27-2/h3-11,17H,12-16H2,1-2H3. The van der Waals surface area contributed by atoms with Gasteiger partial charge in [0.25, 0.3) is 5.91 Å². The number of nitrogens with zero attached hydrogens (tertiary/aromatic N) is 2. The van der Waals surface area contributed by atoms with E-state index in [0.717, 1.165) is 25.2 Å². The first-order chi connectivity index (χ1) is 13.6. The Morgan fingerprint density at radius 2 is 1.61 bits per heavy atom. The van der Waals surface area contributed by atoms with Gasteiger partial charge in [0.1, 0.15) is 5.75 Å². The van der Waals surface area contributed by atoms with Crippen molar-refractivity contribution in [1.29, 1.82) is 0 Å². The Morgan fingerprint density at radius 3 is 2.21 bits per heavy atom. The average molecular weight is 382 g/mol. The number of carbonyl (C=O) groups is 2. The molecule has 1 fully saturated rings. The number of rotatable bonds is 6. The second-order valence-corrected chi connectivity index (χ2v) is 6.86. The summed E-state index contributed by atoms with van der Waals surface area (Å²) in [6, 6.07) is 16.9. The summed E-state index contributed by atoms with van der Waals surface area (Å²) in [4.78, 5) is 28.3. The maximum absolute atomic E-state index is 12.6. The van der Waals surface area contributed by atoms with E-state index in [-0.39, 0.29) is 11.9 Å². The molecule has 6 heteroatoms. The first-order valence-electron chi connectivity index (χ1n) is 9.47. The molecule has 1 aliphatic rings. The van der Waals surface area contributed by atoms with Crippen LogP contribution in [0.15, 0.2) is 54.6 Å². The molecule has 1 unspecified atom stereocenters. The van der Waals surface area contributed by atoms with Gasteiger partial charge in [0.2, 0.25) is 0 Å². The van der Waals surface area contributed by atoms with Crippen molar-refractivity contribution in [2.75, 3.05) is 33.3 Å². The van der Waals surface area contributed by atoms with E-state index in [1.165, 1.54) is 7.11 Å². The van der Waals surface area contributed by atoms with Gasteiger partial charge < -0.3 is 14.4 Å². The molecule has 0 N–H and O–H groups in total. The lowest BCUT2D eigenvalue weighted by molar-refractivity contribution is -0.139. The van der Waals surface area contributed by atoms with E-state index in [2.05, 4.69) is 4.90 Å². The summed E-state index contributed by atoms with van der Waals surface area (Å²) in [6.07, 6.45) is -0.500. The van der Waals surface area contributed by atoms with Gasteiger partial charge in [0.15, 0.2) is 6.10 Å². The van der Waals surface area contributed by atoms with Crippen LogP contribution < -0.4 is 4.74 Å². The van der Waals surface area contributed by atoms with Crippen molar-refractivity contribution in [2.24, 2.45) is 0 Å². The molecular weight excluding hydrogens is 356 g/mol. The Kier molecular flexibility index (Phi) is 6.66.